The smallest absolute Gasteiger partial charge is 0.320 e. The first-order chi connectivity index (χ1) is 16.1. The summed E-state index contributed by atoms with van der Waals surface area (Å²) in [7, 11) is 0. The first-order valence-corrected chi connectivity index (χ1v) is 11.4. The van der Waals surface area contributed by atoms with Crippen LogP contribution in [0.2, 0.25) is 0 Å². The van der Waals surface area contributed by atoms with Gasteiger partial charge in [-0.3, -0.25) is 9.48 Å². The predicted molar refractivity (Wildman–Crippen MR) is 131 cm³/mol. The number of aryl methyl sites for hydroxylation is 1. The molecule has 0 saturated heterocycles. The minimum Gasteiger partial charge on any atom is -0.459 e. The van der Waals surface area contributed by atoms with Crippen LogP contribution in [-0.2, 0) is 16.1 Å². The third-order valence-electron chi connectivity index (χ3n) is 5.31. The highest BCUT2D eigenvalue weighted by molar-refractivity contribution is 5.83. The first-order valence-electron chi connectivity index (χ1n) is 11.4. The Hall–Kier alpha value is -3.52. The molecule has 0 amide bonds. The van der Waals surface area contributed by atoms with Crippen molar-refractivity contribution in [2.24, 2.45) is 0 Å². The number of fused-ring (bicyclic) bond motifs is 1. The van der Waals surface area contributed by atoms with Gasteiger partial charge in [0, 0.05) is 29.1 Å². The van der Waals surface area contributed by atoms with Gasteiger partial charge in [-0.1, -0.05) is 23.4 Å². The molecule has 0 unspecified atom stereocenters. The number of nitrogens with zero attached hydrogens (tertiary/aromatic N) is 4. The number of aromatic nitrogens is 4. The van der Waals surface area contributed by atoms with Gasteiger partial charge in [-0.2, -0.15) is 10.1 Å². The standard InChI is InChI=1S/C26H31N5O3/c1-16(2)31-22-10-8-19(12-20(22)14-28-31)25-29-24(30-34-25)21-9-7-18(11-17(21)3)13-27-15-23(32)33-26(4,5)6/h7-12,14,16,27H,13,15H2,1-6H3. The molecule has 0 aliphatic heterocycles. The van der Waals surface area contributed by atoms with Crippen LogP contribution in [0, 0.1) is 6.92 Å². The minimum atomic E-state index is -0.484. The Balaban J connectivity index is 1.45. The summed E-state index contributed by atoms with van der Waals surface area (Å²) in [6.07, 6.45) is 1.86. The molecule has 34 heavy (non-hydrogen) atoms. The maximum absolute atomic E-state index is 11.9. The lowest BCUT2D eigenvalue weighted by atomic mass is 10.0. The van der Waals surface area contributed by atoms with Crippen molar-refractivity contribution in [3.63, 3.8) is 0 Å². The predicted octanol–water partition coefficient (Wildman–Crippen LogP) is 5.07. The fourth-order valence-corrected chi connectivity index (χ4v) is 3.82. The van der Waals surface area contributed by atoms with Crippen molar-refractivity contribution in [2.75, 3.05) is 6.54 Å². The summed E-state index contributed by atoms with van der Waals surface area (Å²) < 4.78 is 12.9. The van der Waals surface area contributed by atoms with Crippen molar-refractivity contribution < 1.29 is 14.1 Å². The zero-order valence-corrected chi connectivity index (χ0v) is 20.5. The van der Waals surface area contributed by atoms with Crippen LogP contribution in [0.25, 0.3) is 33.7 Å². The highest BCUT2D eigenvalue weighted by Gasteiger charge is 2.17. The lowest BCUT2D eigenvalue weighted by Crippen LogP contribution is -2.31. The Morgan fingerprint density at radius 2 is 1.97 bits per heavy atom. The van der Waals surface area contributed by atoms with E-state index in [1.165, 1.54) is 0 Å². The molecule has 0 aliphatic carbocycles. The fourth-order valence-electron chi connectivity index (χ4n) is 3.82. The molecule has 1 N–H and O–H groups in total. The Morgan fingerprint density at radius 1 is 1.18 bits per heavy atom. The maximum Gasteiger partial charge on any atom is 0.320 e. The van der Waals surface area contributed by atoms with Crippen molar-refractivity contribution in [3.05, 3.63) is 53.7 Å². The van der Waals surface area contributed by atoms with Crippen LogP contribution in [0.1, 0.15) is 51.8 Å². The van der Waals surface area contributed by atoms with Gasteiger partial charge in [0.1, 0.15) is 5.60 Å². The molecule has 4 rings (SSSR count). The van der Waals surface area contributed by atoms with Crippen molar-refractivity contribution in [1.29, 1.82) is 0 Å². The normalized spacial score (nSPS) is 12.0. The SMILES string of the molecule is Cc1cc(CNCC(=O)OC(C)(C)C)ccc1-c1noc(-c2ccc3c(cnn3C(C)C)c2)n1. The molecule has 2 aromatic carbocycles. The number of esters is 1. The maximum atomic E-state index is 11.9. The number of nitrogens with one attached hydrogen (secondary N) is 1. The lowest BCUT2D eigenvalue weighted by molar-refractivity contribution is -0.153. The van der Waals surface area contributed by atoms with Gasteiger partial charge in [-0.05, 0) is 70.9 Å². The number of carbonyl (C=O) groups is 1. The van der Waals surface area contributed by atoms with E-state index in [0.29, 0.717) is 18.3 Å². The van der Waals surface area contributed by atoms with Gasteiger partial charge in [-0.15, -0.1) is 0 Å². The topological polar surface area (TPSA) is 95.1 Å². The van der Waals surface area contributed by atoms with Crippen molar-refractivity contribution in [1.82, 2.24) is 25.2 Å². The van der Waals surface area contributed by atoms with Gasteiger partial charge in [0.15, 0.2) is 0 Å². The zero-order chi connectivity index (χ0) is 24.5. The van der Waals surface area contributed by atoms with Crippen LogP contribution in [0.5, 0.6) is 0 Å². The van der Waals surface area contributed by atoms with Crippen molar-refractivity contribution in [3.8, 4) is 22.8 Å². The molecule has 0 radical (unpaired) electrons. The molecular weight excluding hydrogens is 430 g/mol. The highest BCUT2D eigenvalue weighted by Crippen LogP contribution is 2.28. The summed E-state index contributed by atoms with van der Waals surface area (Å²) in [5.74, 6) is 0.741. The Bertz CT molecular complexity index is 1310. The van der Waals surface area contributed by atoms with E-state index in [1.54, 1.807) is 0 Å². The van der Waals surface area contributed by atoms with Gasteiger partial charge >= 0.3 is 5.97 Å². The number of hydrogen-bond acceptors (Lipinski definition) is 7. The molecule has 0 fully saturated rings. The van der Waals surface area contributed by atoms with Crippen LogP contribution in [0.15, 0.2) is 47.1 Å². The Morgan fingerprint density at radius 3 is 2.68 bits per heavy atom. The molecule has 8 nitrogen and oxygen atoms in total. The van der Waals surface area contributed by atoms with E-state index in [1.807, 2.05) is 68.9 Å². The summed E-state index contributed by atoms with van der Waals surface area (Å²) in [6, 6.07) is 12.3. The van der Waals surface area contributed by atoms with Gasteiger partial charge < -0.3 is 14.6 Å². The molecule has 0 saturated carbocycles. The first kappa shape index (κ1) is 23.6. The van der Waals surface area contributed by atoms with Gasteiger partial charge in [0.25, 0.3) is 5.89 Å². The fraction of sp³-hybridized carbons (Fsp3) is 0.385. The van der Waals surface area contributed by atoms with Crippen LogP contribution in [0.4, 0.5) is 0 Å². The van der Waals surface area contributed by atoms with E-state index >= 15 is 0 Å². The number of ether oxygens (including phenoxy) is 1. The third kappa shape index (κ3) is 5.34. The van der Waals surface area contributed by atoms with E-state index in [4.69, 9.17) is 9.26 Å². The van der Waals surface area contributed by atoms with Crippen molar-refractivity contribution >= 4 is 16.9 Å². The molecule has 8 heteroatoms. The van der Waals surface area contributed by atoms with Crippen LogP contribution in [0.3, 0.4) is 0 Å². The molecule has 2 aromatic heterocycles. The average Bonchev–Trinajstić information content (AvgIpc) is 3.39. The molecule has 178 valence electrons. The molecule has 0 bridgehead atoms. The Labute approximate surface area is 199 Å². The molecular formula is C26H31N5O3. The van der Waals surface area contributed by atoms with E-state index in [-0.39, 0.29) is 18.6 Å². The van der Waals surface area contributed by atoms with Crippen LogP contribution < -0.4 is 5.32 Å². The summed E-state index contributed by atoms with van der Waals surface area (Å²) in [4.78, 5) is 16.5. The number of benzene rings is 2. The zero-order valence-electron chi connectivity index (χ0n) is 20.5. The Kier molecular flexibility index (Phi) is 6.52. The quantitative estimate of drug-likeness (QED) is 0.384. The molecule has 0 atom stereocenters. The van der Waals surface area contributed by atoms with Gasteiger partial charge in [0.05, 0.1) is 18.3 Å². The van der Waals surface area contributed by atoms with Crippen LogP contribution in [-0.4, -0.2) is 38.0 Å². The molecule has 0 spiro atoms. The number of carbonyl (C=O) groups excluding carboxylic acids is 1. The molecule has 4 aromatic rings. The second-order valence-corrected chi connectivity index (χ2v) is 9.72. The highest BCUT2D eigenvalue weighted by atomic mass is 16.6. The average molecular weight is 462 g/mol. The van der Waals surface area contributed by atoms with E-state index < -0.39 is 5.60 Å². The molecule has 2 heterocycles. The van der Waals surface area contributed by atoms with E-state index in [9.17, 15) is 4.79 Å². The van der Waals surface area contributed by atoms with Crippen LogP contribution >= 0.6 is 0 Å². The second-order valence-electron chi connectivity index (χ2n) is 9.72. The summed E-state index contributed by atoms with van der Waals surface area (Å²) in [6.45, 7) is 12.5. The second kappa shape index (κ2) is 9.38. The number of hydrogen-bond donors (Lipinski definition) is 1. The summed E-state index contributed by atoms with van der Waals surface area (Å²) >= 11 is 0. The van der Waals surface area contributed by atoms with Crippen molar-refractivity contribution in [2.45, 2.75) is 59.7 Å². The minimum absolute atomic E-state index is 0.159. The largest absolute Gasteiger partial charge is 0.459 e. The van der Waals surface area contributed by atoms with E-state index in [0.717, 1.165) is 33.2 Å². The lowest BCUT2D eigenvalue weighted by Gasteiger charge is -2.19. The van der Waals surface area contributed by atoms with E-state index in [2.05, 4.69) is 40.5 Å². The summed E-state index contributed by atoms with van der Waals surface area (Å²) in [5, 5.41) is 12.8. The summed E-state index contributed by atoms with van der Waals surface area (Å²) in [5.41, 5.74) is 4.43. The van der Waals surface area contributed by atoms with Gasteiger partial charge in [-0.25, -0.2) is 0 Å². The molecule has 0 aliphatic rings. The monoisotopic (exact) mass is 461 g/mol. The third-order valence-corrected chi connectivity index (χ3v) is 5.31. The van der Waals surface area contributed by atoms with Gasteiger partial charge in [0.2, 0.25) is 5.82 Å². The number of rotatable bonds is 7.